The average Bonchev–Trinajstić information content (AvgIpc) is 3.08. The first-order valence-electron chi connectivity index (χ1n) is 7.10. The van der Waals surface area contributed by atoms with E-state index in [9.17, 15) is 4.79 Å². The second-order valence-corrected chi connectivity index (χ2v) is 5.45. The van der Waals surface area contributed by atoms with Crippen molar-refractivity contribution in [3.8, 4) is 11.5 Å². The summed E-state index contributed by atoms with van der Waals surface area (Å²) >= 11 is 0. The van der Waals surface area contributed by atoms with E-state index >= 15 is 0 Å². The summed E-state index contributed by atoms with van der Waals surface area (Å²) in [5.41, 5.74) is 1.84. The van der Waals surface area contributed by atoms with Crippen molar-refractivity contribution in [1.29, 1.82) is 0 Å². The molecular weight excluding hydrogens is 268 g/mol. The van der Waals surface area contributed by atoms with E-state index in [1.807, 2.05) is 37.3 Å². The topological polar surface area (TPSA) is 66.6 Å². The van der Waals surface area contributed by atoms with Crippen LogP contribution >= 0.6 is 0 Å². The number of hydrogen-bond acceptors (Lipinski definition) is 4. The van der Waals surface area contributed by atoms with Crippen molar-refractivity contribution in [2.45, 2.75) is 19.9 Å². The number of carboxylic acid groups (broad SMARTS) is 1. The van der Waals surface area contributed by atoms with Gasteiger partial charge < -0.3 is 9.52 Å². The molecule has 3 rings (SSSR count). The van der Waals surface area contributed by atoms with Crippen LogP contribution in [0, 0.1) is 12.8 Å². The van der Waals surface area contributed by atoms with Crippen LogP contribution in [-0.2, 0) is 11.3 Å². The summed E-state index contributed by atoms with van der Waals surface area (Å²) in [5.74, 6) is 0.454. The maximum Gasteiger partial charge on any atom is 0.307 e. The van der Waals surface area contributed by atoms with Crippen LogP contribution < -0.4 is 0 Å². The molecule has 1 aromatic heterocycles. The Morgan fingerprint density at radius 1 is 1.43 bits per heavy atom. The minimum absolute atomic E-state index is 0.259. The van der Waals surface area contributed by atoms with Gasteiger partial charge in [0.2, 0.25) is 5.89 Å². The van der Waals surface area contributed by atoms with E-state index in [0.717, 1.165) is 23.6 Å². The van der Waals surface area contributed by atoms with Gasteiger partial charge in [-0.05, 0) is 32.0 Å². The molecule has 0 bridgehead atoms. The predicted molar refractivity (Wildman–Crippen MR) is 77.7 cm³/mol. The average molecular weight is 286 g/mol. The molecule has 1 N–H and O–H groups in total. The molecule has 2 heterocycles. The Balaban J connectivity index is 1.73. The molecule has 1 aliphatic heterocycles. The van der Waals surface area contributed by atoms with Gasteiger partial charge in [0.15, 0.2) is 0 Å². The molecule has 0 aliphatic carbocycles. The van der Waals surface area contributed by atoms with Crippen molar-refractivity contribution in [2.75, 3.05) is 13.1 Å². The molecule has 0 radical (unpaired) electrons. The van der Waals surface area contributed by atoms with E-state index in [0.29, 0.717) is 25.4 Å². The van der Waals surface area contributed by atoms with E-state index in [-0.39, 0.29) is 5.92 Å². The van der Waals surface area contributed by atoms with E-state index in [1.54, 1.807) is 0 Å². The SMILES string of the molecule is Cc1oc(-c2ccccc2)nc1CN1CCC(C(=O)O)C1. The summed E-state index contributed by atoms with van der Waals surface area (Å²) in [5, 5.41) is 9.04. The first kappa shape index (κ1) is 13.8. The molecule has 1 fully saturated rings. The number of aliphatic carboxylic acids is 1. The monoisotopic (exact) mass is 286 g/mol. The van der Waals surface area contributed by atoms with E-state index in [2.05, 4.69) is 9.88 Å². The predicted octanol–water partition coefficient (Wildman–Crippen LogP) is 2.56. The second-order valence-electron chi connectivity index (χ2n) is 5.45. The van der Waals surface area contributed by atoms with Gasteiger partial charge >= 0.3 is 5.97 Å². The van der Waals surface area contributed by atoms with Gasteiger partial charge in [-0.3, -0.25) is 9.69 Å². The van der Waals surface area contributed by atoms with Gasteiger partial charge in [-0.2, -0.15) is 0 Å². The summed E-state index contributed by atoms with van der Waals surface area (Å²) in [6.07, 6.45) is 0.706. The van der Waals surface area contributed by atoms with Crippen LogP contribution in [0.25, 0.3) is 11.5 Å². The molecule has 1 atom stereocenters. The number of likely N-dealkylation sites (tertiary alicyclic amines) is 1. The normalized spacial score (nSPS) is 19.0. The molecule has 1 saturated heterocycles. The van der Waals surface area contributed by atoms with Gasteiger partial charge in [0.05, 0.1) is 11.6 Å². The number of nitrogens with zero attached hydrogens (tertiary/aromatic N) is 2. The number of benzene rings is 1. The Labute approximate surface area is 123 Å². The van der Waals surface area contributed by atoms with Gasteiger partial charge in [0, 0.05) is 18.7 Å². The summed E-state index contributed by atoms with van der Waals surface area (Å²) in [6.45, 7) is 3.93. The van der Waals surface area contributed by atoms with Gasteiger partial charge in [-0.1, -0.05) is 18.2 Å². The number of aryl methyl sites for hydroxylation is 1. The molecule has 5 nitrogen and oxygen atoms in total. The number of hydrogen-bond donors (Lipinski definition) is 1. The van der Waals surface area contributed by atoms with Gasteiger partial charge in [-0.25, -0.2) is 4.98 Å². The van der Waals surface area contributed by atoms with E-state index in [4.69, 9.17) is 9.52 Å². The lowest BCUT2D eigenvalue weighted by Gasteiger charge is -2.13. The fourth-order valence-electron chi connectivity index (χ4n) is 2.67. The van der Waals surface area contributed by atoms with Crippen molar-refractivity contribution in [1.82, 2.24) is 9.88 Å². The highest BCUT2D eigenvalue weighted by Crippen LogP contribution is 2.24. The van der Waals surface area contributed by atoms with Crippen LogP contribution in [0.4, 0.5) is 0 Å². The largest absolute Gasteiger partial charge is 0.481 e. The van der Waals surface area contributed by atoms with Crippen molar-refractivity contribution in [3.63, 3.8) is 0 Å². The fraction of sp³-hybridized carbons (Fsp3) is 0.375. The smallest absolute Gasteiger partial charge is 0.307 e. The van der Waals surface area contributed by atoms with Crippen molar-refractivity contribution in [3.05, 3.63) is 41.8 Å². The van der Waals surface area contributed by atoms with Crippen LogP contribution in [0.5, 0.6) is 0 Å². The zero-order valence-corrected chi connectivity index (χ0v) is 12.0. The molecule has 21 heavy (non-hydrogen) atoms. The molecule has 1 aromatic carbocycles. The van der Waals surface area contributed by atoms with Crippen LogP contribution in [0.2, 0.25) is 0 Å². The standard InChI is InChI=1S/C16H18N2O3/c1-11-14(10-18-8-7-13(9-18)16(19)20)17-15(21-11)12-5-3-2-4-6-12/h2-6,13H,7-10H2,1H3,(H,19,20). The van der Waals surface area contributed by atoms with Crippen LogP contribution in [0.3, 0.4) is 0 Å². The van der Waals surface area contributed by atoms with Crippen molar-refractivity contribution in [2.24, 2.45) is 5.92 Å². The molecule has 1 unspecified atom stereocenters. The molecular formula is C16H18N2O3. The van der Waals surface area contributed by atoms with Crippen molar-refractivity contribution < 1.29 is 14.3 Å². The third kappa shape index (κ3) is 2.97. The molecule has 0 saturated carbocycles. The number of aromatic nitrogens is 1. The van der Waals surface area contributed by atoms with E-state index < -0.39 is 5.97 Å². The lowest BCUT2D eigenvalue weighted by molar-refractivity contribution is -0.141. The van der Waals surface area contributed by atoms with Crippen molar-refractivity contribution >= 4 is 5.97 Å². The first-order valence-corrected chi connectivity index (χ1v) is 7.10. The fourth-order valence-corrected chi connectivity index (χ4v) is 2.67. The summed E-state index contributed by atoms with van der Waals surface area (Å²) < 4.78 is 5.73. The lowest BCUT2D eigenvalue weighted by atomic mass is 10.1. The Hall–Kier alpha value is -2.14. The summed E-state index contributed by atoms with van der Waals surface area (Å²) in [4.78, 5) is 17.7. The summed E-state index contributed by atoms with van der Waals surface area (Å²) in [6, 6.07) is 9.78. The highest BCUT2D eigenvalue weighted by Gasteiger charge is 2.28. The number of carbonyl (C=O) groups is 1. The zero-order valence-electron chi connectivity index (χ0n) is 12.0. The molecule has 0 spiro atoms. The Bertz CT molecular complexity index is 636. The zero-order chi connectivity index (χ0) is 14.8. The highest BCUT2D eigenvalue weighted by atomic mass is 16.4. The quantitative estimate of drug-likeness (QED) is 0.935. The second kappa shape index (κ2) is 5.69. The molecule has 0 amide bonds. The van der Waals surface area contributed by atoms with Gasteiger partial charge in [0.25, 0.3) is 0 Å². The molecule has 2 aromatic rings. The number of carboxylic acids is 1. The molecule has 110 valence electrons. The maximum atomic E-state index is 11.0. The maximum absolute atomic E-state index is 11.0. The van der Waals surface area contributed by atoms with Gasteiger partial charge in [0.1, 0.15) is 5.76 Å². The third-order valence-electron chi connectivity index (χ3n) is 3.91. The molecule has 5 heteroatoms. The van der Waals surface area contributed by atoms with Crippen LogP contribution in [0.1, 0.15) is 17.9 Å². The highest BCUT2D eigenvalue weighted by molar-refractivity contribution is 5.70. The Morgan fingerprint density at radius 3 is 2.86 bits per heavy atom. The minimum Gasteiger partial charge on any atom is -0.481 e. The van der Waals surface area contributed by atoms with Crippen LogP contribution in [-0.4, -0.2) is 34.0 Å². The Morgan fingerprint density at radius 2 is 2.19 bits per heavy atom. The Kier molecular flexibility index (Phi) is 3.75. The lowest BCUT2D eigenvalue weighted by Crippen LogP contribution is -2.23. The van der Waals surface area contributed by atoms with E-state index in [1.165, 1.54) is 0 Å². The van der Waals surface area contributed by atoms with Gasteiger partial charge in [-0.15, -0.1) is 0 Å². The number of oxazole rings is 1. The summed E-state index contributed by atoms with van der Waals surface area (Å²) in [7, 11) is 0. The number of rotatable bonds is 4. The third-order valence-corrected chi connectivity index (χ3v) is 3.91. The minimum atomic E-state index is -0.709. The molecule has 1 aliphatic rings. The first-order chi connectivity index (χ1) is 10.1. The van der Waals surface area contributed by atoms with Crippen LogP contribution in [0.15, 0.2) is 34.7 Å².